The molecule has 0 saturated carbocycles. The number of oxime groups is 1. The molecular weight excluding hydrogens is 443 g/mol. The number of aryl methyl sites for hydroxylation is 1. The van der Waals surface area contributed by atoms with Gasteiger partial charge in [-0.05, 0) is 29.4 Å². The van der Waals surface area contributed by atoms with Crippen molar-refractivity contribution in [3.8, 4) is 0 Å². The number of halogens is 3. The van der Waals surface area contributed by atoms with E-state index in [4.69, 9.17) is 21.4 Å². The Kier molecular flexibility index (Phi) is 5.83. The molecule has 0 radical (unpaired) electrons. The molecular formula is C17H15BrClFN4O3. The second kappa shape index (κ2) is 8.12. The molecule has 0 bridgehead atoms. The molecule has 0 amide bonds. The van der Waals surface area contributed by atoms with Gasteiger partial charge in [0.05, 0.1) is 40.4 Å². The Morgan fingerprint density at radius 3 is 2.89 bits per heavy atom. The Labute approximate surface area is 167 Å². The highest BCUT2D eigenvalue weighted by atomic mass is 79.9. The molecule has 7 nitrogen and oxygen atoms in total. The first kappa shape index (κ1) is 19.4. The highest BCUT2D eigenvalue weighted by Gasteiger charge is 2.22. The van der Waals surface area contributed by atoms with Gasteiger partial charge >= 0.3 is 0 Å². The maximum Gasteiger partial charge on any atom is 0.259 e. The third-order valence-electron chi connectivity index (χ3n) is 3.80. The predicted molar refractivity (Wildman–Crippen MR) is 104 cm³/mol. The molecule has 0 saturated heterocycles. The zero-order chi connectivity index (χ0) is 19.6. The van der Waals surface area contributed by atoms with Crippen molar-refractivity contribution in [3.05, 3.63) is 51.5 Å². The van der Waals surface area contributed by atoms with Gasteiger partial charge in [0.25, 0.3) is 5.90 Å². The second-order valence-electron chi connectivity index (χ2n) is 5.56. The van der Waals surface area contributed by atoms with Gasteiger partial charge in [-0.3, -0.25) is 0 Å². The number of anilines is 2. The molecule has 1 heterocycles. The molecule has 27 heavy (non-hydrogen) atoms. The molecule has 0 aliphatic heterocycles. The standard InChI is InChI=1S/C17H15BrClFN4O3/c1-24-8-21-16-13(24)7-10(17(23-26)27-5-4-25)15(14(16)20)22-12-3-2-9(18)6-11(12)19/h2-3,6-8,22,25-26H,4-5H2,1H3/b23-17-. The summed E-state index contributed by atoms with van der Waals surface area (Å²) >= 11 is 9.54. The number of imidazole rings is 1. The Morgan fingerprint density at radius 1 is 1.44 bits per heavy atom. The number of fused-ring (bicyclic) bond motifs is 1. The molecule has 2 aromatic carbocycles. The predicted octanol–water partition coefficient (Wildman–Crippen LogP) is 4.02. The smallest absolute Gasteiger partial charge is 0.259 e. The van der Waals surface area contributed by atoms with Gasteiger partial charge in [0.1, 0.15) is 12.1 Å². The number of rotatable bonds is 5. The molecule has 0 spiro atoms. The minimum absolute atomic E-state index is 0.0174. The summed E-state index contributed by atoms with van der Waals surface area (Å²) in [7, 11) is 1.71. The van der Waals surface area contributed by atoms with Crippen molar-refractivity contribution in [2.24, 2.45) is 12.2 Å². The molecule has 3 aromatic rings. The number of aliphatic hydroxyl groups is 1. The van der Waals surface area contributed by atoms with E-state index in [1.165, 1.54) is 6.33 Å². The monoisotopic (exact) mass is 456 g/mol. The Bertz CT molecular complexity index is 1030. The average Bonchev–Trinajstić information content (AvgIpc) is 3.01. The summed E-state index contributed by atoms with van der Waals surface area (Å²) in [5.41, 5.74) is 1.18. The largest absolute Gasteiger partial charge is 0.473 e. The fraction of sp³-hybridized carbons (Fsp3) is 0.176. The summed E-state index contributed by atoms with van der Waals surface area (Å²) in [6.45, 7) is -0.417. The van der Waals surface area contributed by atoms with Crippen molar-refractivity contribution in [1.29, 1.82) is 0 Å². The molecule has 1 aromatic heterocycles. The van der Waals surface area contributed by atoms with Crippen LogP contribution in [-0.4, -0.2) is 39.0 Å². The summed E-state index contributed by atoms with van der Waals surface area (Å²) in [6, 6.07) is 6.65. The SMILES string of the molecule is Cn1cnc2c(F)c(Nc3ccc(Br)cc3Cl)c(/C(=N/O)OCCO)cc21. The van der Waals surface area contributed by atoms with Crippen LogP contribution in [-0.2, 0) is 11.8 Å². The van der Waals surface area contributed by atoms with E-state index in [0.29, 0.717) is 16.2 Å². The number of hydrogen-bond donors (Lipinski definition) is 3. The van der Waals surface area contributed by atoms with Crippen LogP contribution in [0.3, 0.4) is 0 Å². The highest BCUT2D eigenvalue weighted by Crippen LogP contribution is 2.34. The van der Waals surface area contributed by atoms with Crippen LogP contribution in [0.4, 0.5) is 15.8 Å². The van der Waals surface area contributed by atoms with Crippen LogP contribution in [0.25, 0.3) is 11.0 Å². The zero-order valence-electron chi connectivity index (χ0n) is 14.1. The fourth-order valence-electron chi connectivity index (χ4n) is 2.54. The van der Waals surface area contributed by atoms with Crippen molar-refractivity contribution >= 4 is 55.8 Å². The topological polar surface area (TPSA) is 91.9 Å². The summed E-state index contributed by atoms with van der Waals surface area (Å²) in [5, 5.41) is 24.7. The average molecular weight is 458 g/mol. The van der Waals surface area contributed by atoms with Gasteiger partial charge in [-0.25, -0.2) is 9.37 Å². The summed E-state index contributed by atoms with van der Waals surface area (Å²) in [6.07, 6.45) is 1.47. The first-order valence-electron chi connectivity index (χ1n) is 7.78. The van der Waals surface area contributed by atoms with Gasteiger partial charge in [0.15, 0.2) is 5.82 Å². The lowest BCUT2D eigenvalue weighted by Gasteiger charge is -2.16. The van der Waals surface area contributed by atoms with Crippen molar-refractivity contribution in [2.75, 3.05) is 18.5 Å². The van der Waals surface area contributed by atoms with E-state index in [1.54, 1.807) is 35.9 Å². The third kappa shape index (κ3) is 3.85. The minimum atomic E-state index is -0.657. The summed E-state index contributed by atoms with van der Waals surface area (Å²) in [4.78, 5) is 4.07. The van der Waals surface area contributed by atoms with Crippen molar-refractivity contribution in [1.82, 2.24) is 9.55 Å². The Morgan fingerprint density at radius 2 is 2.22 bits per heavy atom. The van der Waals surface area contributed by atoms with Crippen LogP contribution in [0, 0.1) is 5.82 Å². The van der Waals surface area contributed by atoms with Crippen LogP contribution in [0.15, 0.2) is 40.2 Å². The van der Waals surface area contributed by atoms with E-state index in [0.717, 1.165) is 4.47 Å². The van der Waals surface area contributed by atoms with Gasteiger partial charge < -0.3 is 24.9 Å². The Balaban J connectivity index is 2.19. The lowest BCUT2D eigenvalue weighted by Crippen LogP contribution is -2.14. The van der Waals surface area contributed by atoms with Gasteiger partial charge in [-0.2, -0.15) is 0 Å². The van der Waals surface area contributed by atoms with Crippen LogP contribution < -0.4 is 5.32 Å². The van der Waals surface area contributed by atoms with Crippen molar-refractivity contribution in [2.45, 2.75) is 0 Å². The molecule has 0 unspecified atom stereocenters. The fourth-order valence-corrected chi connectivity index (χ4v) is 3.26. The Hall–Kier alpha value is -2.36. The van der Waals surface area contributed by atoms with Crippen molar-refractivity contribution < 1.29 is 19.4 Å². The number of aromatic nitrogens is 2. The molecule has 3 rings (SSSR count). The van der Waals surface area contributed by atoms with Gasteiger partial charge in [0, 0.05) is 11.5 Å². The molecule has 10 heteroatoms. The normalized spacial score (nSPS) is 11.8. The van der Waals surface area contributed by atoms with E-state index in [2.05, 4.69) is 31.4 Å². The summed E-state index contributed by atoms with van der Waals surface area (Å²) in [5.74, 6) is -0.905. The maximum atomic E-state index is 15.2. The number of ether oxygens (including phenoxy) is 1. The molecule has 142 valence electrons. The molecule has 0 atom stereocenters. The minimum Gasteiger partial charge on any atom is -0.473 e. The van der Waals surface area contributed by atoms with E-state index in [-0.39, 0.29) is 35.9 Å². The number of benzene rings is 2. The van der Waals surface area contributed by atoms with Gasteiger partial charge in [-0.1, -0.05) is 27.5 Å². The summed E-state index contributed by atoms with van der Waals surface area (Å²) < 4.78 is 22.9. The van der Waals surface area contributed by atoms with Gasteiger partial charge in [-0.15, -0.1) is 0 Å². The number of hydrogen-bond acceptors (Lipinski definition) is 6. The second-order valence-corrected chi connectivity index (χ2v) is 6.89. The first-order chi connectivity index (χ1) is 13.0. The van der Waals surface area contributed by atoms with Crippen LogP contribution in [0.5, 0.6) is 0 Å². The van der Waals surface area contributed by atoms with E-state index in [1.807, 2.05) is 0 Å². The molecule has 0 aliphatic rings. The van der Waals surface area contributed by atoms with E-state index >= 15 is 4.39 Å². The lowest BCUT2D eigenvalue weighted by molar-refractivity contribution is 0.184. The highest BCUT2D eigenvalue weighted by molar-refractivity contribution is 9.10. The lowest BCUT2D eigenvalue weighted by atomic mass is 10.1. The first-order valence-corrected chi connectivity index (χ1v) is 8.95. The molecule has 3 N–H and O–H groups in total. The number of aliphatic hydroxyl groups excluding tert-OH is 1. The van der Waals surface area contributed by atoms with Crippen molar-refractivity contribution in [3.63, 3.8) is 0 Å². The van der Waals surface area contributed by atoms with E-state index < -0.39 is 5.82 Å². The third-order valence-corrected chi connectivity index (χ3v) is 4.61. The zero-order valence-corrected chi connectivity index (χ0v) is 16.4. The quantitative estimate of drug-likeness (QED) is 0.233. The number of nitrogens with one attached hydrogen (secondary N) is 1. The number of nitrogens with zero attached hydrogens (tertiary/aromatic N) is 3. The van der Waals surface area contributed by atoms with Gasteiger partial charge in [0.2, 0.25) is 0 Å². The van der Waals surface area contributed by atoms with E-state index in [9.17, 15) is 5.21 Å². The van der Waals surface area contributed by atoms with Crippen LogP contribution in [0.2, 0.25) is 5.02 Å². The molecule has 0 fully saturated rings. The van der Waals surface area contributed by atoms with Crippen LogP contribution >= 0.6 is 27.5 Å². The molecule has 0 aliphatic carbocycles. The van der Waals surface area contributed by atoms with Crippen LogP contribution in [0.1, 0.15) is 5.56 Å². The maximum absolute atomic E-state index is 15.2.